The number of thioether (sulfide) groups is 1. The average molecular weight is 220 g/mol. The third-order valence-electron chi connectivity index (χ3n) is 2.78. The SMILES string of the molecule is Cc1cc(C)cc(CC2CSCC2=O)c1. The molecule has 2 rings (SSSR count). The van der Waals surface area contributed by atoms with Gasteiger partial charge in [0.05, 0.1) is 5.75 Å². The zero-order valence-corrected chi connectivity index (χ0v) is 10.1. The maximum absolute atomic E-state index is 11.5. The molecule has 0 saturated carbocycles. The van der Waals surface area contributed by atoms with Crippen LogP contribution in [0.5, 0.6) is 0 Å². The van der Waals surface area contributed by atoms with Gasteiger partial charge in [0.25, 0.3) is 0 Å². The molecule has 0 radical (unpaired) electrons. The Morgan fingerprint density at radius 3 is 2.47 bits per heavy atom. The van der Waals surface area contributed by atoms with Crippen LogP contribution in [0.25, 0.3) is 0 Å². The molecule has 1 fully saturated rings. The highest BCUT2D eigenvalue weighted by molar-refractivity contribution is 8.00. The second-order valence-corrected chi connectivity index (χ2v) is 5.41. The number of ketones is 1. The second-order valence-electron chi connectivity index (χ2n) is 4.38. The van der Waals surface area contributed by atoms with Gasteiger partial charge in [0.15, 0.2) is 0 Å². The molecule has 1 aliphatic heterocycles. The first-order chi connectivity index (χ1) is 7.15. The lowest BCUT2D eigenvalue weighted by molar-refractivity contribution is -0.119. The van der Waals surface area contributed by atoms with Crippen molar-refractivity contribution in [1.82, 2.24) is 0 Å². The van der Waals surface area contributed by atoms with E-state index < -0.39 is 0 Å². The first-order valence-corrected chi connectivity index (χ1v) is 6.48. The van der Waals surface area contributed by atoms with E-state index in [4.69, 9.17) is 0 Å². The van der Waals surface area contributed by atoms with Crippen LogP contribution >= 0.6 is 11.8 Å². The molecule has 1 aliphatic rings. The van der Waals surface area contributed by atoms with Crippen molar-refractivity contribution >= 4 is 17.5 Å². The highest BCUT2D eigenvalue weighted by Gasteiger charge is 2.24. The lowest BCUT2D eigenvalue weighted by Gasteiger charge is -2.09. The summed E-state index contributed by atoms with van der Waals surface area (Å²) < 4.78 is 0. The molecule has 1 unspecified atom stereocenters. The van der Waals surface area contributed by atoms with Crippen molar-refractivity contribution < 1.29 is 4.79 Å². The second kappa shape index (κ2) is 4.40. The molecule has 1 nitrogen and oxygen atoms in total. The van der Waals surface area contributed by atoms with Gasteiger partial charge in [-0.1, -0.05) is 29.3 Å². The third-order valence-corrected chi connectivity index (χ3v) is 3.91. The minimum Gasteiger partial charge on any atom is -0.298 e. The Morgan fingerprint density at radius 2 is 1.93 bits per heavy atom. The summed E-state index contributed by atoms with van der Waals surface area (Å²) in [7, 11) is 0. The fourth-order valence-corrected chi connectivity index (χ4v) is 3.30. The quantitative estimate of drug-likeness (QED) is 0.762. The van der Waals surface area contributed by atoms with Gasteiger partial charge >= 0.3 is 0 Å². The third kappa shape index (κ3) is 2.63. The Hall–Kier alpha value is -0.760. The molecule has 15 heavy (non-hydrogen) atoms. The molecule has 0 aromatic heterocycles. The zero-order chi connectivity index (χ0) is 10.8. The summed E-state index contributed by atoms with van der Waals surface area (Å²) in [4.78, 5) is 11.5. The molecule has 1 saturated heterocycles. The molecule has 0 N–H and O–H groups in total. The molecule has 1 heterocycles. The Kier molecular flexibility index (Phi) is 3.15. The molecular weight excluding hydrogens is 204 g/mol. The molecule has 1 aromatic rings. The van der Waals surface area contributed by atoms with E-state index in [1.807, 2.05) is 0 Å². The molecule has 0 aliphatic carbocycles. The Balaban J connectivity index is 2.13. The molecule has 1 aromatic carbocycles. The van der Waals surface area contributed by atoms with Gasteiger partial charge in [-0.2, -0.15) is 11.8 Å². The van der Waals surface area contributed by atoms with Crippen LogP contribution in [-0.4, -0.2) is 17.3 Å². The van der Waals surface area contributed by atoms with E-state index in [1.165, 1.54) is 16.7 Å². The lowest BCUT2D eigenvalue weighted by Crippen LogP contribution is -2.14. The van der Waals surface area contributed by atoms with E-state index in [-0.39, 0.29) is 5.92 Å². The van der Waals surface area contributed by atoms with Crippen LogP contribution in [0, 0.1) is 19.8 Å². The van der Waals surface area contributed by atoms with E-state index >= 15 is 0 Å². The largest absolute Gasteiger partial charge is 0.298 e. The van der Waals surface area contributed by atoms with Crippen LogP contribution in [-0.2, 0) is 11.2 Å². The van der Waals surface area contributed by atoms with Crippen LogP contribution in [0.2, 0.25) is 0 Å². The molecule has 2 heteroatoms. The molecule has 0 spiro atoms. The normalized spacial score (nSPS) is 20.9. The molecule has 0 bridgehead atoms. The van der Waals surface area contributed by atoms with Gasteiger partial charge in [0.2, 0.25) is 0 Å². The van der Waals surface area contributed by atoms with Crippen molar-refractivity contribution in [3.05, 3.63) is 34.9 Å². The zero-order valence-electron chi connectivity index (χ0n) is 9.25. The number of rotatable bonds is 2. The van der Waals surface area contributed by atoms with Gasteiger partial charge in [0.1, 0.15) is 5.78 Å². The number of carbonyl (C=O) groups excluding carboxylic acids is 1. The average Bonchev–Trinajstić information content (AvgIpc) is 2.50. The van der Waals surface area contributed by atoms with Crippen LogP contribution in [0.4, 0.5) is 0 Å². The van der Waals surface area contributed by atoms with Crippen molar-refractivity contribution in [1.29, 1.82) is 0 Å². The number of carbonyl (C=O) groups is 1. The van der Waals surface area contributed by atoms with Crippen molar-refractivity contribution in [2.75, 3.05) is 11.5 Å². The predicted molar refractivity (Wildman–Crippen MR) is 65.4 cm³/mol. The topological polar surface area (TPSA) is 17.1 Å². The number of hydrogen-bond acceptors (Lipinski definition) is 2. The summed E-state index contributed by atoms with van der Waals surface area (Å²) in [5.41, 5.74) is 3.90. The first-order valence-electron chi connectivity index (χ1n) is 5.33. The number of hydrogen-bond donors (Lipinski definition) is 0. The Morgan fingerprint density at radius 1 is 1.27 bits per heavy atom. The van der Waals surface area contributed by atoms with Gasteiger partial charge in [-0.3, -0.25) is 4.79 Å². The van der Waals surface area contributed by atoms with Gasteiger partial charge in [0, 0.05) is 11.7 Å². The highest BCUT2D eigenvalue weighted by Crippen LogP contribution is 2.24. The standard InChI is InChI=1S/C13H16OS/c1-9-3-10(2)5-11(4-9)6-12-7-15-8-13(12)14/h3-5,12H,6-8H2,1-2H3. The van der Waals surface area contributed by atoms with Crippen LogP contribution in [0.1, 0.15) is 16.7 Å². The summed E-state index contributed by atoms with van der Waals surface area (Å²) in [5, 5.41) is 0. The summed E-state index contributed by atoms with van der Waals surface area (Å²) in [6.07, 6.45) is 0.925. The van der Waals surface area contributed by atoms with E-state index in [0.29, 0.717) is 5.78 Å². The first kappa shape index (κ1) is 10.7. The van der Waals surface area contributed by atoms with Gasteiger partial charge in [-0.25, -0.2) is 0 Å². The molecular formula is C13H16OS. The van der Waals surface area contributed by atoms with E-state index in [9.17, 15) is 4.79 Å². The molecule has 0 amide bonds. The summed E-state index contributed by atoms with van der Waals surface area (Å²) in [5.74, 6) is 2.41. The smallest absolute Gasteiger partial charge is 0.146 e. The van der Waals surface area contributed by atoms with Gasteiger partial charge in [-0.15, -0.1) is 0 Å². The fraction of sp³-hybridized carbons (Fsp3) is 0.462. The predicted octanol–water partition coefficient (Wildman–Crippen LogP) is 2.78. The van der Waals surface area contributed by atoms with Crippen molar-refractivity contribution in [2.24, 2.45) is 5.92 Å². The molecule has 1 atom stereocenters. The van der Waals surface area contributed by atoms with Gasteiger partial charge < -0.3 is 0 Å². The summed E-state index contributed by atoms with van der Waals surface area (Å²) >= 11 is 1.77. The number of Topliss-reactive ketones (excluding diaryl/α,β-unsaturated/α-hetero) is 1. The lowest BCUT2D eigenvalue weighted by atomic mass is 9.95. The Labute approximate surface area is 95.3 Å². The fourth-order valence-electron chi connectivity index (χ4n) is 2.16. The van der Waals surface area contributed by atoms with E-state index in [2.05, 4.69) is 32.0 Å². The molecule has 80 valence electrons. The highest BCUT2D eigenvalue weighted by atomic mass is 32.2. The van der Waals surface area contributed by atoms with Crippen molar-refractivity contribution in [2.45, 2.75) is 20.3 Å². The van der Waals surface area contributed by atoms with Crippen LogP contribution < -0.4 is 0 Å². The van der Waals surface area contributed by atoms with Gasteiger partial charge in [-0.05, 0) is 25.8 Å². The van der Waals surface area contributed by atoms with E-state index in [1.54, 1.807) is 11.8 Å². The van der Waals surface area contributed by atoms with E-state index in [0.717, 1.165) is 17.9 Å². The van der Waals surface area contributed by atoms with Crippen LogP contribution in [0.15, 0.2) is 18.2 Å². The minimum absolute atomic E-state index is 0.260. The maximum Gasteiger partial charge on any atom is 0.146 e. The van der Waals surface area contributed by atoms with Crippen molar-refractivity contribution in [3.8, 4) is 0 Å². The van der Waals surface area contributed by atoms with Crippen molar-refractivity contribution in [3.63, 3.8) is 0 Å². The Bertz CT molecular complexity index is 364. The number of benzene rings is 1. The minimum atomic E-state index is 0.260. The number of aryl methyl sites for hydroxylation is 2. The monoisotopic (exact) mass is 220 g/mol. The van der Waals surface area contributed by atoms with Crippen LogP contribution in [0.3, 0.4) is 0 Å². The maximum atomic E-state index is 11.5. The summed E-state index contributed by atoms with van der Waals surface area (Å²) in [6, 6.07) is 6.57. The summed E-state index contributed by atoms with van der Waals surface area (Å²) in [6.45, 7) is 4.23.